The Morgan fingerprint density at radius 1 is 1.45 bits per heavy atom. The summed E-state index contributed by atoms with van der Waals surface area (Å²) in [4.78, 5) is 0. The van der Waals surface area contributed by atoms with E-state index in [1.54, 1.807) is 10.2 Å². The van der Waals surface area contributed by atoms with E-state index in [9.17, 15) is 0 Å². The van der Waals surface area contributed by atoms with Crippen LogP contribution >= 0.6 is 25.0 Å². The molecule has 1 heterocycles. The first-order valence-electron chi connectivity index (χ1n) is 3.29. The van der Waals surface area contributed by atoms with E-state index in [-0.39, 0.29) is 17.0 Å². The number of ether oxygens (including phenoxy) is 1. The van der Waals surface area contributed by atoms with E-state index in [1.165, 1.54) is 5.04 Å². The number of halogens is 2. The largest absolute Gasteiger partial charge is 1.00 e. The monoisotopic (exact) mass is 303 g/mol. The van der Waals surface area contributed by atoms with E-state index in [4.69, 9.17) is 4.74 Å². The maximum Gasteiger partial charge on any atom is 0.218 e. The minimum absolute atomic E-state index is 0. The lowest BCUT2D eigenvalue weighted by Gasteiger charge is -2.11. The highest BCUT2D eigenvalue weighted by Crippen LogP contribution is 2.12. The van der Waals surface area contributed by atoms with Gasteiger partial charge in [-0.2, -0.15) is 0 Å². The number of hydrogen-bond donors (Lipinski definition) is 0. The molecule has 0 atom stereocenters. The first-order chi connectivity index (χ1) is 4.84. The van der Waals surface area contributed by atoms with Gasteiger partial charge in [-0.15, -0.1) is 0 Å². The minimum Gasteiger partial charge on any atom is -1.00 e. The fraction of sp³-hybridized carbons (Fsp3) is 0.833. The summed E-state index contributed by atoms with van der Waals surface area (Å²) < 4.78 is 7.54. The van der Waals surface area contributed by atoms with Gasteiger partial charge in [-0.3, -0.25) is 0 Å². The lowest BCUT2D eigenvalue weighted by Crippen LogP contribution is -3.00. The topological polar surface area (TPSA) is 12.2 Å². The zero-order chi connectivity index (χ0) is 7.40. The molecule has 0 saturated carbocycles. The van der Waals surface area contributed by atoms with E-state index in [1.807, 2.05) is 0 Å². The third-order valence-electron chi connectivity index (χ3n) is 1.57. The van der Waals surface area contributed by atoms with Crippen molar-refractivity contribution in [2.24, 2.45) is 0 Å². The molecule has 0 aromatic carbocycles. The lowest BCUT2D eigenvalue weighted by molar-refractivity contribution is -0.547. The van der Waals surface area contributed by atoms with Gasteiger partial charge in [-0.05, 0) is 0 Å². The molecule has 1 aliphatic rings. The van der Waals surface area contributed by atoms with Crippen LogP contribution in [0.3, 0.4) is 0 Å². The summed E-state index contributed by atoms with van der Waals surface area (Å²) in [5, 5.41) is 1.32. The third kappa shape index (κ3) is 3.92. The average molecular weight is 305 g/mol. The molecule has 0 amide bonds. The molecule has 0 aromatic rings. The average Bonchev–Trinajstić information content (AvgIpc) is 2.05. The fourth-order valence-electron chi connectivity index (χ4n) is 0.927. The number of hydrogen-bond acceptors (Lipinski definition) is 2. The van der Waals surface area contributed by atoms with Crippen LogP contribution in [-0.4, -0.2) is 35.9 Å². The normalized spacial score (nSPS) is 17.5. The molecular weight excluding hydrogens is 294 g/mol. The smallest absolute Gasteiger partial charge is 0.218 e. The van der Waals surface area contributed by atoms with E-state index < -0.39 is 0 Å². The van der Waals surface area contributed by atoms with Crippen LogP contribution in [0.5, 0.6) is 0 Å². The summed E-state index contributed by atoms with van der Waals surface area (Å²) in [7, 11) is 1.63. The van der Waals surface area contributed by atoms with E-state index >= 15 is 0 Å². The molecule has 1 fully saturated rings. The second-order valence-corrected chi connectivity index (χ2v) is 3.91. The molecule has 0 N–H and O–H groups in total. The summed E-state index contributed by atoms with van der Waals surface area (Å²) in [5.74, 6) is 0. The van der Waals surface area contributed by atoms with Crippen LogP contribution in [0.1, 0.15) is 6.92 Å². The molecule has 0 spiro atoms. The van der Waals surface area contributed by atoms with Gasteiger partial charge in [-0.1, -0.05) is 0 Å². The van der Waals surface area contributed by atoms with Crippen LogP contribution < -0.4 is 17.0 Å². The second kappa shape index (κ2) is 6.46. The fourth-order valence-corrected chi connectivity index (χ4v) is 1.82. The summed E-state index contributed by atoms with van der Waals surface area (Å²) in [6, 6.07) is 0. The van der Waals surface area contributed by atoms with Crippen LogP contribution in [0.2, 0.25) is 0 Å². The van der Waals surface area contributed by atoms with Gasteiger partial charge in [0.05, 0.1) is 0 Å². The van der Waals surface area contributed by atoms with Crippen molar-refractivity contribution < 1.29 is 26.3 Å². The zero-order valence-corrected chi connectivity index (χ0v) is 10.3. The molecule has 1 rings (SSSR count). The Bertz CT molecular complexity index is 144. The molecule has 0 radical (unpaired) electrons. The maximum absolute atomic E-state index is 5.21. The Morgan fingerprint density at radius 2 is 2.00 bits per heavy atom. The van der Waals surface area contributed by atoms with Crippen LogP contribution in [0.4, 0.5) is 0 Å². The molecular formula is C6H11Br2NOS. The lowest BCUT2D eigenvalue weighted by atomic mass is 10.5. The molecule has 1 saturated heterocycles. The van der Waals surface area contributed by atoms with Gasteiger partial charge in [0.1, 0.15) is 13.2 Å². The van der Waals surface area contributed by atoms with Gasteiger partial charge in [-0.25, -0.2) is 4.58 Å². The van der Waals surface area contributed by atoms with Crippen molar-refractivity contribution >= 4 is 30.1 Å². The molecule has 0 aliphatic carbocycles. The Kier molecular flexibility index (Phi) is 7.01. The summed E-state index contributed by atoms with van der Waals surface area (Å²) >= 11 is 3.35. The number of rotatable bonds is 0. The van der Waals surface area contributed by atoms with E-state index in [0.29, 0.717) is 0 Å². The third-order valence-corrected chi connectivity index (χ3v) is 3.46. The molecule has 66 valence electrons. The Balaban J connectivity index is 0.000001000. The van der Waals surface area contributed by atoms with Crippen molar-refractivity contribution in [1.29, 1.82) is 0 Å². The molecule has 5 heteroatoms. The van der Waals surface area contributed by atoms with Crippen LogP contribution in [-0.2, 0) is 4.74 Å². The SMILES string of the molecule is CC(SBr)=[N+]1CCOCC1.[Br-]. The van der Waals surface area contributed by atoms with Gasteiger partial charge < -0.3 is 21.7 Å². The van der Waals surface area contributed by atoms with Crippen molar-refractivity contribution in [3.63, 3.8) is 0 Å². The highest BCUT2D eigenvalue weighted by atomic mass is 79.9. The molecule has 0 bridgehead atoms. The summed E-state index contributed by atoms with van der Waals surface area (Å²) in [6.45, 7) is 5.91. The van der Waals surface area contributed by atoms with E-state index in [2.05, 4.69) is 26.3 Å². The van der Waals surface area contributed by atoms with Gasteiger partial charge in [0.2, 0.25) is 5.04 Å². The van der Waals surface area contributed by atoms with Crippen molar-refractivity contribution in [2.75, 3.05) is 26.3 Å². The maximum atomic E-state index is 5.21. The first-order valence-corrected chi connectivity index (χ1v) is 5.95. The molecule has 2 nitrogen and oxygen atoms in total. The van der Waals surface area contributed by atoms with Gasteiger partial charge >= 0.3 is 0 Å². The standard InChI is InChI=1S/C6H11BrNOS.BrH/c1-6(10-7)8-2-4-9-5-3-8;/h2-5H2,1H3;1H/q+1;/p-1. The van der Waals surface area contributed by atoms with Crippen molar-refractivity contribution in [2.45, 2.75) is 6.92 Å². The zero-order valence-electron chi connectivity index (χ0n) is 6.35. The summed E-state index contributed by atoms with van der Waals surface area (Å²) in [6.07, 6.45) is 0. The van der Waals surface area contributed by atoms with Gasteiger partial charge in [0.15, 0.2) is 13.1 Å². The summed E-state index contributed by atoms with van der Waals surface area (Å²) in [5.41, 5.74) is 0. The van der Waals surface area contributed by atoms with Gasteiger partial charge in [0.25, 0.3) is 0 Å². The second-order valence-electron chi connectivity index (χ2n) is 2.20. The predicted octanol–water partition coefficient (Wildman–Crippen LogP) is -1.51. The molecule has 1 aliphatic heterocycles. The molecule has 11 heavy (non-hydrogen) atoms. The van der Waals surface area contributed by atoms with Gasteiger partial charge in [0, 0.05) is 31.9 Å². The van der Waals surface area contributed by atoms with E-state index in [0.717, 1.165) is 26.3 Å². The number of nitrogens with zero attached hydrogens (tertiary/aromatic N) is 1. The van der Waals surface area contributed by atoms with Crippen molar-refractivity contribution in [1.82, 2.24) is 0 Å². The predicted molar refractivity (Wildman–Crippen MR) is 48.0 cm³/mol. The van der Waals surface area contributed by atoms with Crippen LogP contribution in [0.15, 0.2) is 0 Å². The van der Waals surface area contributed by atoms with Crippen LogP contribution in [0, 0.1) is 0 Å². The Hall–Kier alpha value is 0.940. The van der Waals surface area contributed by atoms with Crippen LogP contribution in [0.25, 0.3) is 0 Å². The molecule has 0 aromatic heterocycles. The molecule has 0 unspecified atom stereocenters. The van der Waals surface area contributed by atoms with Crippen molar-refractivity contribution in [3.05, 3.63) is 0 Å². The quantitative estimate of drug-likeness (QED) is 0.399. The Labute approximate surface area is 89.4 Å². The highest BCUT2D eigenvalue weighted by molar-refractivity contribution is 9.52. The highest BCUT2D eigenvalue weighted by Gasteiger charge is 2.14. The first kappa shape index (κ1) is 11.9. The van der Waals surface area contributed by atoms with Crippen molar-refractivity contribution in [3.8, 4) is 0 Å². The Morgan fingerprint density at radius 3 is 2.45 bits per heavy atom. The number of morpholine rings is 1. The minimum atomic E-state index is 0.